The number of unbranched alkanes of at least 4 members (excludes halogenated alkanes) is 1. The second kappa shape index (κ2) is 7.12. The molecule has 1 heterocycles. The second-order valence-corrected chi connectivity index (χ2v) is 3.11. The number of carboxylic acids is 1. The number of carbonyl (C=O) groups is 1. The molecule has 4 nitrogen and oxygen atoms in total. The third kappa shape index (κ3) is 6.22. The molecular weight excluding hydrogens is 180 g/mol. The summed E-state index contributed by atoms with van der Waals surface area (Å²) in [5, 5.41) is 8.89. The summed E-state index contributed by atoms with van der Waals surface area (Å²) in [7, 11) is 2.07. The van der Waals surface area contributed by atoms with Crippen LogP contribution >= 0.6 is 0 Å². The van der Waals surface area contributed by atoms with Gasteiger partial charge in [0, 0.05) is 12.4 Å². The summed E-state index contributed by atoms with van der Waals surface area (Å²) in [6, 6.07) is 0. The highest BCUT2D eigenvalue weighted by Crippen LogP contribution is 1.94. The monoisotopic (exact) mass is 198 g/mol. The Kier molecular flexibility index (Phi) is 6.45. The molecule has 0 saturated heterocycles. The highest BCUT2D eigenvalue weighted by molar-refractivity contribution is 5.60. The Hall–Kier alpha value is -1.32. The number of rotatable bonds is 3. The van der Waals surface area contributed by atoms with Gasteiger partial charge in [-0.05, 0) is 13.3 Å². The maximum atomic E-state index is 8.89. The maximum Gasteiger partial charge on any atom is 0.253 e. The van der Waals surface area contributed by atoms with Crippen LogP contribution in [0.1, 0.15) is 32.5 Å². The first kappa shape index (κ1) is 12.7. The van der Waals surface area contributed by atoms with E-state index in [0.29, 0.717) is 0 Å². The molecule has 0 aliphatic rings. The van der Waals surface area contributed by atoms with Crippen molar-refractivity contribution < 1.29 is 14.5 Å². The van der Waals surface area contributed by atoms with E-state index >= 15 is 0 Å². The lowest BCUT2D eigenvalue weighted by Gasteiger charge is -1.91. The molecule has 4 heteroatoms. The Bertz CT molecular complexity index is 265. The first-order chi connectivity index (χ1) is 6.57. The zero-order valence-corrected chi connectivity index (χ0v) is 9.04. The van der Waals surface area contributed by atoms with Gasteiger partial charge in [0.05, 0.1) is 7.05 Å². The predicted octanol–water partition coefficient (Wildman–Crippen LogP) is -0.0620. The van der Waals surface area contributed by atoms with Gasteiger partial charge in [0.1, 0.15) is 12.4 Å². The van der Waals surface area contributed by atoms with Gasteiger partial charge in [-0.1, -0.05) is 13.3 Å². The van der Waals surface area contributed by atoms with E-state index in [1.807, 2.05) is 12.4 Å². The Morgan fingerprint density at radius 2 is 2.21 bits per heavy atom. The number of aromatic nitrogens is 2. The first-order valence-electron chi connectivity index (χ1n) is 4.77. The standard InChI is InChI=1S/C8H14N2.C2H4O2/c1-3-4-5-8-9-6-7-10(8)2;1-2(3)4/h6-7H,3-5H2,1-2H3;1H3,(H,3,4). The summed E-state index contributed by atoms with van der Waals surface area (Å²) in [5.41, 5.74) is 0. The van der Waals surface area contributed by atoms with Gasteiger partial charge < -0.3 is 9.90 Å². The number of aryl methyl sites for hydroxylation is 2. The molecule has 1 aromatic heterocycles. The van der Waals surface area contributed by atoms with Crippen molar-refractivity contribution in [1.82, 2.24) is 4.98 Å². The Balaban J connectivity index is 0.000000364. The number of aromatic amines is 1. The molecule has 0 bridgehead atoms. The van der Waals surface area contributed by atoms with Crippen LogP contribution in [-0.2, 0) is 18.3 Å². The minimum atomic E-state index is -1.08. The smallest absolute Gasteiger partial charge is 0.253 e. The fourth-order valence-electron chi connectivity index (χ4n) is 1.03. The molecule has 1 rings (SSSR count). The molecule has 80 valence electrons. The lowest BCUT2D eigenvalue weighted by atomic mass is 10.2. The number of imidazole rings is 1. The van der Waals surface area contributed by atoms with E-state index in [-0.39, 0.29) is 0 Å². The SMILES string of the molecule is CC(=O)[O-].CCCCc1[nH]cc[n+]1C. The van der Waals surface area contributed by atoms with E-state index in [4.69, 9.17) is 9.90 Å². The van der Waals surface area contributed by atoms with Crippen molar-refractivity contribution in [1.29, 1.82) is 0 Å². The van der Waals surface area contributed by atoms with E-state index in [1.54, 1.807) is 0 Å². The van der Waals surface area contributed by atoms with Crippen molar-refractivity contribution in [3.63, 3.8) is 0 Å². The molecule has 0 spiro atoms. The number of H-pyrrole nitrogens is 1. The highest BCUT2D eigenvalue weighted by atomic mass is 16.4. The highest BCUT2D eigenvalue weighted by Gasteiger charge is 2.03. The van der Waals surface area contributed by atoms with Crippen molar-refractivity contribution >= 4 is 5.97 Å². The van der Waals surface area contributed by atoms with Crippen LogP contribution in [0.3, 0.4) is 0 Å². The topological polar surface area (TPSA) is 59.8 Å². The van der Waals surface area contributed by atoms with Crippen molar-refractivity contribution in [2.75, 3.05) is 0 Å². The summed E-state index contributed by atoms with van der Waals surface area (Å²) in [6.07, 6.45) is 7.73. The van der Waals surface area contributed by atoms with Crippen LogP contribution in [0.2, 0.25) is 0 Å². The molecule has 0 saturated carbocycles. The van der Waals surface area contributed by atoms with Crippen molar-refractivity contribution in [2.24, 2.45) is 7.05 Å². The first-order valence-corrected chi connectivity index (χ1v) is 4.77. The molecule has 0 radical (unpaired) electrons. The van der Waals surface area contributed by atoms with Crippen molar-refractivity contribution in [3.8, 4) is 0 Å². The van der Waals surface area contributed by atoms with Crippen LogP contribution in [0.25, 0.3) is 0 Å². The van der Waals surface area contributed by atoms with Gasteiger partial charge in [0.2, 0.25) is 0 Å². The van der Waals surface area contributed by atoms with Gasteiger partial charge in [-0.3, -0.25) is 0 Å². The third-order valence-corrected chi connectivity index (χ3v) is 1.74. The Morgan fingerprint density at radius 3 is 2.57 bits per heavy atom. The molecule has 1 aromatic rings. The molecule has 0 aliphatic carbocycles. The van der Waals surface area contributed by atoms with Gasteiger partial charge in [-0.2, -0.15) is 0 Å². The maximum absolute atomic E-state index is 8.89. The number of carboxylic acid groups (broad SMARTS) is 1. The minimum absolute atomic E-state index is 0.972. The Morgan fingerprint density at radius 1 is 1.64 bits per heavy atom. The zero-order valence-electron chi connectivity index (χ0n) is 9.04. The van der Waals surface area contributed by atoms with Crippen LogP contribution in [0.4, 0.5) is 0 Å². The zero-order chi connectivity index (χ0) is 11.0. The number of aliphatic carboxylic acids is 1. The van der Waals surface area contributed by atoms with E-state index in [9.17, 15) is 0 Å². The van der Waals surface area contributed by atoms with Gasteiger partial charge >= 0.3 is 0 Å². The molecule has 14 heavy (non-hydrogen) atoms. The van der Waals surface area contributed by atoms with Gasteiger partial charge in [0.25, 0.3) is 5.82 Å². The van der Waals surface area contributed by atoms with Crippen molar-refractivity contribution in [2.45, 2.75) is 33.1 Å². The summed E-state index contributed by atoms with van der Waals surface area (Å²) < 4.78 is 2.13. The van der Waals surface area contributed by atoms with Gasteiger partial charge in [-0.25, -0.2) is 9.55 Å². The molecule has 0 aromatic carbocycles. The normalized spacial score (nSPS) is 9.07. The Labute approximate surface area is 84.6 Å². The van der Waals surface area contributed by atoms with Crippen LogP contribution < -0.4 is 9.67 Å². The fourth-order valence-corrected chi connectivity index (χ4v) is 1.03. The van der Waals surface area contributed by atoms with Crippen LogP contribution in [-0.4, -0.2) is 11.0 Å². The van der Waals surface area contributed by atoms with Crippen molar-refractivity contribution in [3.05, 3.63) is 18.2 Å². The predicted molar refractivity (Wildman–Crippen MR) is 51.3 cm³/mol. The van der Waals surface area contributed by atoms with E-state index in [1.165, 1.54) is 25.1 Å². The number of hydrogen-bond donors (Lipinski definition) is 1. The number of nitrogens with one attached hydrogen (secondary N) is 1. The van der Waals surface area contributed by atoms with Crippen LogP contribution in [0, 0.1) is 0 Å². The average Bonchev–Trinajstić information content (AvgIpc) is 2.47. The number of carbonyl (C=O) groups excluding carboxylic acids is 1. The summed E-state index contributed by atoms with van der Waals surface area (Å²) in [4.78, 5) is 12.1. The second-order valence-electron chi connectivity index (χ2n) is 3.11. The van der Waals surface area contributed by atoms with E-state index in [0.717, 1.165) is 6.92 Å². The molecule has 0 amide bonds. The molecule has 0 aliphatic heterocycles. The number of nitrogens with zero attached hydrogens (tertiary/aromatic N) is 1. The molecular formula is C10H18N2O2. The van der Waals surface area contributed by atoms with Crippen LogP contribution in [0.5, 0.6) is 0 Å². The minimum Gasteiger partial charge on any atom is -0.550 e. The van der Waals surface area contributed by atoms with Gasteiger partial charge in [-0.15, -0.1) is 0 Å². The van der Waals surface area contributed by atoms with Crippen LogP contribution in [0.15, 0.2) is 12.4 Å². The number of hydrogen-bond acceptors (Lipinski definition) is 2. The lowest BCUT2D eigenvalue weighted by molar-refractivity contribution is -0.677. The lowest BCUT2D eigenvalue weighted by Crippen LogP contribution is -2.30. The largest absolute Gasteiger partial charge is 0.550 e. The summed E-state index contributed by atoms with van der Waals surface area (Å²) in [6.45, 7) is 3.18. The molecule has 0 unspecified atom stereocenters. The fraction of sp³-hybridized carbons (Fsp3) is 0.600. The summed E-state index contributed by atoms with van der Waals surface area (Å²) >= 11 is 0. The molecule has 0 atom stereocenters. The average molecular weight is 198 g/mol. The van der Waals surface area contributed by atoms with Gasteiger partial charge in [0.15, 0.2) is 0 Å². The quantitative estimate of drug-likeness (QED) is 0.692. The third-order valence-electron chi connectivity index (χ3n) is 1.74. The molecule has 0 fully saturated rings. The van der Waals surface area contributed by atoms with E-state index in [2.05, 4.69) is 23.5 Å². The summed E-state index contributed by atoms with van der Waals surface area (Å²) in [5.74, 6) is 0.238. The van der Waals surface area contributed by atoms with E-state index < -0.39 is 5.97 Å². The molecule has 1 N–H and O–H groups in total.